The molecule has 6 nitrogen and oxygen atoms in total. The number of cyclic esters (lactones) is 1. The minimum Gasteiger partial charge on any atom is -0.448 e. The molecule has 1 unspecified atom stereocenters. The number of nitrogens with one attached hydrogen (secondary N) is 1. The molecule has 1 saturated heterocycles. The third kappa shape index (κ3) is 3.41. The van der Waals surface area contributed by atoms with Crippen molar-refractivity contribution < 1.29 is 19.1 Å². The van der Waals surface area contributed by atoms with Gasteiger partial charge in [0.15, 0.2) is 6.10 Å². The lowest BCUT2D eigenvalue weighted by Gasteiger charge is -2.29. The highest BCUT2D eigenvalue weighted by atomic mass is 16.5. The fraction of sp³-hybridized carbons (Fsp3) is 0.300. The normalized spacial score (nSPS) is 19.5. The van der Waals surface area contributed by atoms with Gasteiger partial charge in [-0.1, -0.05) is 24.3 Å². The number of hydrogen-bond donors (Lipinski definition) is 1. The Bertz CT molecular complexity index is 830. The maximum Gasteiger partial charge on any atom is 0.339 e. The zero-order valence-electron chi connectivity index (χ0n) is 14.3. The molecule has 0 radical (unpaired) electrons. The molecule has 6 heteroatoms. The molecule has 2 aromatic rings. The van der Waals surface area contributed by atoms with Gasteiger partial charge in [-0.25, -0.2) is 4.79 Å². The Kier molecular flexibility index (Phi) is 4.58. The van der Waals surface area contributed by atoms with Gasteiger partial charge in [0.1, 0.15) is 0 Å². The van der Waals surface area contributed by atoms with Crippen LogP contribution in [0.15, 0.2) is 48.5 Å². The topological polar surface area (TPSA) is 67.9 Å². The van der Waals surface area contributed by atoms with E-state index >= 15 is 0 Å². The van der Waals surface area contributed by atoms with Crippen LogP contribution in [-0.2, 0) is 20.7 Å². The van der Waals surface area contributed by atoms with Crippen LogP contribution in [0, 0.1) is 0 Å². The first-order chi connectivity index (χ1) is 12.7. The lowest BCUT2D eigenvalue weighted by atomic mass is 9.98. The summed E-state index contributed by atoms with van der Waals surface area (Å²) in [5, 5.41) is 2.87. The Morgan fingerprint density at radius 1 is 1.08 bits per heavy atom. The smallest absolute Gasteiger partial charge is 0.339 e. The largest absolute Gasteiger partial charge is 0.448 e. The lowest BCUT2D eigenvalue weighted by Crippen LogP contribution is -2.38. The maximum absolute atomic E-state index is 12.6. The number of fused-ring (bicyclic) bond motifs is 1. The predicted octanol–water partition coefficient (Wildman–Crippen LogP) is 2.24. The first-order valence-electron chi connectivity index (χ1n) is 8.73. The molecule has 4 rings (SSSR count). The van der Waals surface area contributed by atoms with Gasteiger partial charge < -0.3 is 19.7 Å². The van der Waals surface area contributed by atoms with Crippen molar-refractivity contribution in [3.8, 4) is 0 Å². The van der Waals surface area contributed by atoms with Crippen molar-refractivity contribution in [2.45, 2.75) is 12.5 Å². The van der Waals surface area contributed by atoms with Crippen LogP contribution in [0.1, 0.15) is 15.9 Å². The summed E-state index contributed by atoms with van der Waals surface area (Å²) in [6, 6.07) is 14.9. The van der Waals surface area contributed by atoms with Crippen molar-refractivity contribution in [1.82, 2.24) is 0 Å². The lowest BCUT2D eigenvalue weighted by molar-refractivity contribution is -0.125. The minimum atomic E-state index is -0.815. The van der Waals surface area contributed by atoms with Gasteiger partial charge in [-0.3, -0.25) is 4.79 Å². The molecule has 2 aromatic carbocycles. The Morgan fingerprint density at radius 3 is 2.73 bits per heavy atom. The summed E-state index contributed by atoms with van der Waals surface area (Å²) in [6.07, 6.45) is -0.430. The second-order valence-corrected chi connectivity index (χ2v) is 6.39. The summed E-state index contributed by atoms with van der Waals surface area (Å²) in [5.74, 6) is -0.763. The van der Waals surface area contributed by atoms with Gasteiger partial charge in [0.25, 0.3) is 5.91 Å². The average Bonchev–Trinajstić information content (AvgIpc) is 2.69. The summed E-state index contributed by atoms with van der Waals surface area (Å²) in [5.41, 5.74) is 3.10. The maximum atomic E-state index is 12.6. The van der Waals surface area contributed by atoms with Gasteiger partial charge in [-0.2, -0.15) is 0 Å². The Morgan fingerprint density at radius 2 is 1.88 bits per heavy atom. The number of ether oxygens (including phenoxy) is 2. The van der Waals surface area contributed by atoms with Gasteiger partial charge >= 0.3 is 5.97 Å². The number of esters is 1. The minimum absolute atomic E-state index is 0.313. The van der Waals surface area contributed by atoms with Crippen LogP contribution in [0.2, 0.25) is 0 Å². The van der Waals surface area contributed by atoms with E-state index in [2.05, 4.69) is 10.2 Å². The Balaban J connectivity index is 1.46. The molecule has 2 aliphatic rings. The van der Waals surface area contributed by atoms with Gasteiger partial charge in [0, 0.05) is 30.9 Å². The molecule has 134 valence electrons. The molecule has 1 N–H and O–H groups in total. The van der Waals surface area contributed by atoms with E-state index < -0.39 is 12.1 Å². The number of carbonyl (C=O) groups excluding carboxylic acids is 2. The molecule has 0 spiro atoms. The first-order valence-corrected chi connectivity index (χ1v) is 8.73. The number of nitrogens with zero attached hydrogens (tertiary/aromatic N) is 1. The van der Waals surface area contributed by atoms with Gasteiger partial charge in [0.2, 0.25) is 0 Å². The van der Waals surface area contributed by atoms with Crippen molar-refractivity contribution in [2.24, 2.45) is 0 Å². The van der Waals surface area contributed by atoms with Crippen LogP contribution in [-0.4, -0.2) is 44.3 Å². The van der Waals surface area contributed by atoms with Crippen LogP contribution in [0.5, 0.6) is 0 Å². The monoisotopic (exact) mass is 352 g/mol. The van der Waals surface area contributed by atoms with Gasteiger partial charge in [-0.05, 0) is 29.8 Å². The molecule has 2 heterocycles. The molecule has 1 atom stereocenters. The zero-order valence-corrected chi connectivity index (χ0v) is 14.3. The molecule has 1 fully saturated rings. The van der Waals surface area contributed by atoms with E-state index in [0.29, 0.717) is 30.9 Å². The van der Waals surface area contributed by atoms with Crippen molar-refractivity contribution in [3.05, 3.63) is 59.7 Å². The van der Waals surface area contributed by atoms with Crippen LogP contribution in [0.3, 0.4) is 0 Å². The van der Waals surface area contributed by atoms with E-state index in [4.69, 9.17) is 9.47 Å². The van der Waals surface area contributed by atoms with E-state index in [9.17, 15) is 9.59 Å². The fourth-order valence-electron chi connectivity index (χ4n) is 3.30. The molecule has 0 saturated carbocycles. The second kappa shape index (κ2) is 7.17. The number of benzene rings is 2. The predicted molar refractivity (Wildman–Crippen MR) is 97.5 cm³/mol. The molecular weight excluding hydrogens is 332 g/mol. The van der Waals surface area contributed by atoms with Crippen LogP contribution < -0.4 is 10.2 Å². The fourth-order valence-corrected chi connectivity index (χ4v) is 3.30. The number of amides is 1. The van der Waals surface area contributed by atoms with E-state index in [-0.39, 0.29) is 5.91 Å². The highest BCUT2D eigenvalue weighted by Gasteiger charge is 2.31. The third-order valence-corrected chi connectivity index (χ3v) is 4.67. The zero-order chi connectivity index (χ0) is 17.9. The molecule has 0 aliphatic carbocycles. The highest BCUT2D eigenvalue weighted by molar-refractivity contribution is 6.00. The number of carbonyl (C=O) groups is 2. The summed E-state index contributed by atoms with van der Waals surface area (Å²) in [4.78, 5) is 26.9. The van der Waals surface area contributed by atoms with Crippen molar-refractivity contribution in [3.63, 3.8) is 0 Å². The highest BCUT2D eigenvalue weighted by Crippen LogP contribution is 2.23. The summed E-state index contributed by atoms with van der Waals surface area (Å²) in [6.45, 7) is 3.06. The second-order valence-electron chi connectivity index (χ2n) is 6.39. The van der Waals surface area contributed by atoms with E-state index in [0.717, 1.165) is 24.3 Å². The van der Waals surface area contributed by atoms with E-state index in [1.54, 1.807) is 12.1 Å². The average molecular weight is 352 g/mol. The summed E-state index contributed by atoms with van der Waals surface area (Å²) in [7, 11) is 0. The van der Waals surface area contributed by atoms with E-state index in [1.807, 2.05) is 36.4 Å². The van der Waals surface area contributed by atoms with Gasteiger partial charge in [0.05, 0.1) is 18.8 Å². The number of hydrogen-bond acceptors (Lipinski definition) is 5. The summed E-state index contributed by atoms with van der Waals surface area (Å²) >= 11 is 0. The molecule has 1 amide bonds. The molecular formula is C20H20N2O4. The molecule has 0 bridgehead atoms. The SMILES string of the molecule is O=C1OC(C(=O)Nc2cccc(N3CCOCC3)c2)Cc2ccccc21. The van der Waals surface area contributed by atoms with Crippen molar-refractivity contribution in [2.75, 3.05) is 36.5 Å². The summed E-state index contributed by atoms with van der Waals surface area (Å²) < 4.78 is 10.7. The van der Waals surface area contributed by atoms with Crippen LogP contribution >= 0.6 is 0 Å². The number of morpholine rings is 1. The van der Waals surface area contributed by atoms with Crippen molar-refractivity contribution >= 4 is 23.3 Å². The number of rotatable bonds is 3. The molecule has 0 aromatic heterocycles. The molecule has 26 heavy (non-hydrogen) atoms. The first kappa shape index (κ1) is 16.6. The van der Waals surface area contributed by atoms with Gasteiger partial charge in [-0.15, -0.1) is 0 Å². The standard InChI is InChI=1S/C20H20N2O4/c23-19(18-12-14-4-1-2-7-17(14)20(24)26-18)21-15-5-3-6-16(13-15)22-8-10-25-11-9-22/h1-7,13,18H,8-12H2,(H,21,23). The van der Waals surface area contributed by atoms with E-state index in [1.165, 1.54) is 0 Å². The third-order valence-electron chi connectivity index (χ3n) is 4.67. The Hall–Kier alpha value is -2.86. The van der Waals surface area contributed by atoms with Crippen LogP contribution in [0.4, 0.5) is 11.4 Å². The number of anilines is 2. The molecule has 2 aliphatic heterocycles. The van der Waals surface area contributed by atoms with Crippen molar-refractivity contribution in [1.29, 1.82) is 0 Å². The van der Waals surface area contributed by atoms with Crippen LogP contribution in [0.25, 0.3) is 0 Å². The Labute approximate surface area is 151 Å². The quantitative estimate of drug-likeness (QED) is 0.858.